The summed E-state index contributed by atoms with van der Waals surface area (Å²) < 4.78 is 10.9. The Morgan fingerprint density at radius 1 is 0.850 bits per heavy atom. The lowest BCUT2D eigenvalue weighted by Crippen LogP contribution is -2.29. The van der Waals surface area contributed by atoms with Crippen LogP contribution in [0.3, 0.4) is 0 Å². The molecule has 0 aliphatic carbocycles. The summed E-state index contributed by atoms with van der Waals surface area (Å²) in [7, 11) is 0. The van der Waals surface area contributed by atoms with E-state index in [2.05, 4.69) is 37.1 Å². The van der Waals surface area contributed by atoms with Gasteiger partial charge in [-0.25, -0.2) is 19.9 Å². The molecule has 2 aromatic carbocycles. The van der Waals surface area contributed by atoms with Gasteiger partial charge in [0.15, 0.2) is 0 Å². The molecule has 9 nitrogen and oxygen atoms in total. The van der Waals surface area contributed by atoms with Gasteiger partial charge in [0.05, 0.1) is 17.9 Å². The van der Waals surface area contributed by atoms with Crippen molar-refractivity contribution in [3.63, 3.8) is 0 Å². The molecule has 0 fully saturated rings. The lowest BCUT2D eigenvalue weighted by atomic mass is 10.2. The maximum atomic E-state index is 8.07. The third kappa shape index (κ3) is 10.3. The molecule has 4 aromatic rings. The van der Waals surface area contributed by atoms with Crippen LogP contribution in [0.25, 0.3) is 0 Å². The zero-order valence-electron chi connectivity index (χ0n) is 22.0. The highest BCUT2D eigenvalue weighted by atomic mass is 35.5. The number of halogens is 3. The minimum atomic E-state index is 0.178. The molecule has 2 aliphatic rings. The number of benzene rings is 2. The standard InChI is InChI=1S/C12H10ClN3O.C8H9NO.C4H2Cl2N2.C4H10O/c13-12-14-6-5-11(15-12)16-7-8-17-10-4-2-1-3-9(10)16;1-2-4-8-7(3-1)9-5-6-10-8;5-3-1-2-7-4(6)8-3;1-2-3-4-5/h1-6H,7-8H2;1-4,9H,5-6H2;1-2H;5H,2-4H2,1H3. The number of aromatic nitrogens is 4. The lowest BCUT2D eigenvalue weighted by molar-refractivity contribution is 0.287. The minimum Gasteiger partial charge on any atom is -0.490 e. The van der Waals surface area contributed by atoms with Crippen molar-refractivity contribution in [1.29, 1.82) is 0 Å². The summed E-state index contributed by atoms with van der Waals surface area (Å²) in [6, 6.07) is 19.3. The number of fused-ring (bicyclic) bond motifs is 2. The zero-order chi connectivity index (χ0) is 28.6. The van der Waals surface area contributed by atoms with Crippen molar-refractivity contribution < 1.29 is 14.6 Å². The first-order valence-corrected chi connectivity index (χ1v) is 13.8. The van der Waals surface area contributed by atoms with Crippen LogP contribution in [-0.4, -0.2) is 58.0 Å². The monoisotopic (exact) mass is 604 g/mol. The van der Waals surface area contributed by atoms with Gasteiger partial charge >= 0.3 is 0 Å². The van der Waals surface area contributed by atoms with Gasteiger partial charge in [-0.05, 0) is 66.0 Å². The summed E-state index contributed by atoms with van der Waals surface area (Å²) in [5.41, 5.74) is 2.11. The second-order valence-electron chi connectivity index (χ2n) is 8.15. The van der Waals surface area contributed by atoms with Gasteiger partial charge < -0.3 is 24.8 Å². The van der Waals surface area contributed by atoms with Gasteiger partial charge in [0, 0.05) is 25.5 Å². The fraction of sp³-hybridized carbons (Fsp3) is 0.286. The maximum absolute atomic E-state index is 8.07. The van der Waals surface area contributed by atoms with Crippen molar-refractivity contribution in [2.24, 2.45) is 0 Å². The highest BCUT2D eigenvalue weighted by Gasteiger charge is 2.19. The Morgan fingerprint density at radius 2 is 1.52 bits per heavy atom. The number of unbranched alkanes of at least 4 members (excludes halogenated alkanes) is 1. The highest BCUT2D eigenvalue weighted by molar-refractivity contribution is 6.31. The van der Waals surface area contributed by atoms with Crippen LogP contribution in [0.1, 0.15) is 19.8 Å². The molecule has 4 heterocycles. The molecular formula is C28H31Cl3N6O3. The van der Waals surface area contributed by atoms with Gasteiger partial charge in [0.1, 0.15) is 35.7 Å². The first-order valence-electron chi connectivity index (χ1n) is 12.7. The third-order valence-electron chi connectivity index (χ3n) is 5.28. The van der Waals surface area contributed by atoms with Gasteiger partial charge in [0.2, 0.25) is 10.6 Å². The number of nitrogens with one attached hydrogen (secondary N) is 1. The molecule has 2 aromatic heterocycles. The summed E-state index contributed by atoms with van der Waals surface area (Å²) in [6.45, 7) is 5.48. The van der Waals surface area contributed by atoms with Crippen LogP contribution in [0.2, 0.25) is 15.7 Å². The van der Waals surface area contributed by atoms with E-state index < -0.39 is 0 Å². The molecule has 0 amide bonds. The van der Waals surface area contributed by atoms with E-state index in [4.69, 9.17) is 49.4 Å². The largest absolute Gasteiger partial charge is 0.490 e. The van der Waals surface area contributed by atoms with Gasteiger partial charge in [-0.1, -0.05) is 49.2 Å². The zero-order valence-corrected chi connectivity index (χ0v) is 24.3. The van der Waals surface area contributed by atoms with Crippen LogP contribution in [0, 0.1) is 0 Å². The number of ether oxygens (including phenoxy) is 2. The van der Waals surface area contributed by atoms with E-state index in [-0.39, 0.29) is 10.6 Å². The van der Waals surface area contributed by atoms with Crippen LogP contribution >= 0.6 is 34.8 Å². The highest BCUT2D eigenvalue weighted by Crippen LogP contribution is 2.35. The fourth-order valence-electron chi connectivity index (χ4n) is 3.44. The molecule has 0 saturated heterocycles. The number of para-hydroxylation sites is 4. The number of anilines is 3. The molecule has 0 unspecified atom stereocenters. The van der Waals surface area contributed by atoms with Crippen molar-refractivity contribution in [3.8, 4) is 11.5 Å². The Hall–Kier alpha value is -3.37. The minimum absolute atomic E-state index is 0.178. The van der Waals surface area contributed by atoms with E-state index >= 15 is 0 Å². The Balaban J connectivity index is 0.000000163. The number of nitrogens with zero attached hydrogens (tertiary/aromatic N) is 5. The third-order valence-corrected chi connectivity index (χ3v) is 5.86. The summed E-state index contributed by atoms with van der Waals surface area (Å²) in [6.07, 6.45) is 5.19. The predicted molar refractivity (Wildman–Crippen MR) is 160 cm³/mol. The van der Waals surface area contributed by atoms with Gasteiger partial charge in [-0.3, -0.25) is 0 Å². The van der Waals surface area contributed by atoms with Gasteiger partial charge in [-0.15, -0.1) is 0 Å². The number of rotatable bonds is 3. The molecule has 0 bridgehead atoms. The number of hydrogen-bond donors (Lipinski definition) is 2. The van der Waals surface area contributed by atoms with E-state index in [1.807, 2.05) is 54.6 Å². The molecule has 0 spiro atoms. The average Bonchev–Trinajstić information content (AvgIpc) is 2.98. The maximum Gasteiger partial charge on any atom is 0.224 e. The van der Waals surface area contributed by atoms with Crippen LogP contribution < -0.4 is 19.7 Å². The normalized spacial score (nSPS) is 12.6. The summed E-state index contributed by atoms with van der Waals surface area (Å²) in [5.74, 6) is 2.63. The Labute approximate surface area is 249 Å². The Bertz CT molecular complexity index is 1270. The fourth-order valence-corrected chi connectivity index (χ4v) is 3.91. The van der Waals surface area contributed by atoms with Crippen molar-refractivity contribution in [1.82, 2.24) is 19.9 Å². The van der Waals surface area contributed by atoms with Crippen LogP contribution in [0.5, 0.6) is 11.5 Å². The van der Waals surface area contributed by atoms with Gasteiger partial charge in [0.25, 0.3) is 0 Å². The van der Waals surface area contributed by atoms with E-state index in [0.717, 1.165) is 61.2 Å². The van der Waals surface area contributed by atoms with E-state index in [9.17, 15) is 0 Å². The molecule has 6 rings (SSSR count). The second-order valence-corrected chi connectivity index (χ2v) is 9.21. The predicted octanol–water partition coefficient (Wildman–Crippen LogP) is 6.71. The Morgan fingerprint density at radius 3 is 2.15 bits per heavy atom. The lowest BCUT2D eigenvalue weighted by Gasteiger charge is -2.30. The topological polar surface area (TPSA) is 106 Å². The molecule has 12 heteroatoms. The van der Waals surface area contributed by atoms with Crippen LogP contribution in [0.4, 0.5) is 17.2 Å². The summed E-state index contributed by atoms with van der Waals surface area (Å²) in [5, 5.41) is 12.1. The van der Waals surface area contributed by atoms with E-state index in [0.29, 0.717) is 18.4 Å². The number of hydrogen-bond acceptors (Lipinski definition) is 9. The van der Waals surface area contributed by atoms with Crippen molar-refractivity contribution >= 4 is 52.0 Å². The first kappa shape index (κ1) is 31.2. The summed E-state index contributed by atoms with van der Waals surface area (Å²) in [4.78, 5) is 17.4. The molecule has 2 aliphatic heterocycles. The number of aliphatic hydroxyl groups is 1. The SMILES string of the molecule is CCCCO.Clc1ccnc(Cl)n1.Clc1nccc(N2CCOc3ccccc32)n1.c1ccc2c(c1)NCCO2. The van der Waals surface area contributed by atoms with Gasteiger partial charge in [-0.2, -0.15) is 0 Å². The molecule has 0 radical (unpaired) electrons. The summed E-state index contributed by atoms with van der Waals surface area (Å²) >= 11 is 16.6. The molecule has 0 atom stereocenters. The quantitative estimate of drug-likeness (QED) is 0.195. The van der Waals surface area contributed by atoms with Crippen molar-refractivity contribution in [2.75, 3.05) is 43.1 Å². The molecule has 212 valence electrons. The van der Waals surface area contributed by atoms with Crippen molar-refractivity contribution in [2.45, 2.75) is 19.8 Å². The van der Waals surface area contributed by atoms with Crippen LogP contribution in [0.15, 0.2) is 73.1 Å². The second kappa shape index (κ2) is 17.3. The van der Waals surface area contributed by atoms with Crippen LogP contribution in [-0.2, 0) is 0 Å². The van der Waals surface area contributed by atoms with E-state index in [1.165, 1.54) is 6.20 Å². The molecular weight excluding hydrogens is 575 g/mol. The van der Waals surface area contributed by atoms with E-state index in [1.54, 1.807) is 12.3 Å². The average molecular weight is 606 g/mol. The molecule has 2 N–H and O–H groups in total. The molecule has 40 heavy (non-hydrogen) atoms. The van der Waals surface area contributed by atoms with Crippen molar-refractivity contribution in [3.05, 3.63) is 88.8 Å². The smallest absolute Gasteiger partial charge is 0.224 e. The Kier molecular flexibility index (Phi) is 13.5. The number of aliphatic hydroxyl groups excluding tert-OH is 1. The molecule has 0 saturated carbocycles. The first-order chi connectivity index (χ1) is 19.5.